The zero-order valence-corrected chi connectivity index (χ0v) is 45.0. The highest BCUT2D eigenvalue weighted by atomic mass is 16.6. The number of carbonyl (C=O) groups excluding carboxylic acids is 1. The summed E-state index contributed by atoms with van der Waals surface area (Å²) in [5.74, 6) is -0.131. The minimum atomic E-state index is -0.131. The van der Waals surface area contributed by atoms with Gasteiger partial charge in [-0.2, -0.15) is 0 Å². The zero-order chi connectivity index (χ0) is 49.5. The minimum Gasteiger partial charge on any atom is -0.463 e. The summed E-state index contributed by atoms with van der Waals surface area (Å²) in [6, 6.07) is 0. The van der Waals surface area contributed by atoms with Crippen LogP contribution in [0, 0.1) is 0 Å². The summed E-state index contributed by atoms with van der Waals surface area (Å²) in [5.41, 5.74) is 0. The highest BCUT2D eigenvalue weighted by Crippen LogP contribution is 2.14. The number of carbonyl (C=O) groups is 1. The van der Waals surface area contributed by atoms with E-state index in [1.165, 1.54) is 148 Å². The number of hydrogen-bond donors (Lipinski definition) is 0. The summed E-state index contributed by atoms with van der Waals surface area (Å²) in [5, 5.41) is 0. The highest BCUT2D eigenvalue weighted by molar-refractivity contribution is 5.69. The third-order valence-electron chi connectivity index (χ3n) is 11.5. The SMILES string of the molecule is CCCCCCCCCCCCCCCOCCOCCOCCOCCOCCOCCOCCOCCOCCOCCOCCOCCOC(=O)CCCCCCCCCCCCCCC. The van der Waals surface area contributed by atoms with Crippen molar-refractivity contribution in [2.75, 3.05) is 165 Å². The molecule has 0 amide bonds. The maximum absolute atomic E-state index is 11.9. The molecule has 0 atom stereocenters. The van der Waals surface area contributed by atoms with Crippen LogP contribution in [-0.4, -0.2) is 171 Å². The van der Waals surface area contributed by atoms with Gasteiger partial charge in [-0.1, -0.05) is 168 Å². The van der Waals surface area contributed by atoms with E-state index in [2.05, 4.69) is 13.8 Å². The van der Waals surface area contributed by atoms with Gasteiger partial charge in [0.15, 0.2) is 0 Å². The standard InChI is InChI=1S/C55H110O14/c1-3-5-7-9-11-13-15-17-19-21-23-25-27-29-55(56)69-54-53-68-52-51-67-50-49-66-48-47-65-46-45-64-44-43-63-42-41-62-40-39-61-38-37-60-36-35-59-34-33-58-32-31-57-30-28-26-24-22-20-18-16-14-12-10-8-6-4-2/h3-54H2,1-2H3. The number of unbranched alkanes of at least 4 members (excludes halogenated alkanes) is 24. The molecular formula is C55H110O14. The van der Waals surface area contributed by atoms with E-state index >= 15 is 0 Å². The largest absolute Gasteiger partial charge is 0.463 e. The van der Waals surface area contributed by atoms with Crippen LogP contribution in [0.25, 0.3) is 0 Å². The highest BCUT2D eigenvalue weighted by Gasteiger charge is 2.04. The molecule has 0 aromatic heterocycles. The van der Waals surface area contributed by atoms with Crippen LogP contribution < -0.4 is 0 Å². The molecule has 0 radical (unpaired) electrons. The Labute approximate surface area is 423 Å². The second kappa shape index (κ2) is 65.0. The molecule has 0 aromatic carbocycles. The normalized spacial score (nSPS) is 11.6. The Kier molecular flexibility index (Phi) is 64.1. The third kappa shape index (κ3) is 65.0. The van der Waals surface area contributed by atoms with Crippen molar-refractivity contribution in [3.63, 3.8) is 0 Å². The maximum atomic E-state index is 11.9. The average molecular weight is 995 g/mol. The predicted octanol–water partition coefficient (Wildman–Crippen LogP) is 11.3. The lowest BCUT2D eigenvalue weighted by Crippen LogP contribution is -2.15. The van der Waals surface area contributed by atoms with Gasteiger partial charge in [-0.25, -0.2) is 0 Å². The lowest BCUT2D eigenvalue weighted by Gasteiger charge is -2.09. The van der Waals surface area contributed by atoms with Crippen LogP contribution in [0.1, 0.15) is 187 Å². The molecule has 0 saturated carbocycles. The second-order valence-corrected chi connectivity index (χ2v) is 17.8. The fraction of sp³-hybridized carbons (Fsp3) is 0.982. The molecule has 0 aliphatic carbocycles. The van der Waals surface area contributed by atoms with Gasteiger partial charge in [0.1, 0.15) is 6.61 Å². The quantitative estimate of drug-likeness (QED) is 0.0422. The average Bonchev–Trinajstić information content (AvgIpc) is 3.36. The number of rotatable bonds is 64. The summed E-state index contributed by atoms with van der Waals surface area (Å²) in [6.45, 7) is 17.5. The van der Waals surface area contributed by atoms with Crippen molar-refractivity contribution in [2.45, 2.75) is 187 Å². The van der Waals surface area contributed by atoms with Crippen molar-refractivity contribution in [2.24, 2.45) is 0 Å². The van der Waals surface area contributed by atoms with Gasteiger partial charge in [0.05, 0.1) is 152 Å². The monoisotopic (exact) mass is 995 g/mol. The Morgan fingerprint density at radius 3 is 0.609 bits per heavy atom. The topological polar surface area (TPSA) is 137 Å². The van der Waals surface area contributed by atoms with Gasteiger partial charge in [-0.05, 0) is 12.8 Å². The molecule has 0 unspecified atom stereocenters. The lowest BCUT2D eigenvalue weighted by molar-refractivity contribution is -0.145. The third-order valence-corrected chi connectivity index (χ3v) is 11.5. The van der Waals surface area contributed by atoms with Crippen molar-refractivity contribution in [1.82, 2.24) is 0 Å². The Balaban J connectivity index is 3.11. The first-order valence-electron chi connectivity index (χ1n) is 28.4. The Morgan fingerprint density at radius 1 is 0.203 bits per heavy atom. The molecule has 0 aliphatic heterocycles. The van der Waals surface area contributed by atoms with Gasteiger partial charge < -0.3 is 61.6 Å². The first-order chi connectivity index (χ1) is 34.3. The van der Waals surface area contributed by atoms with Crippen molar-refractivity contribution in [1.29, 1.82) is 0 Å². The van der Waals surface area contributed by atoms with Gasteiger partial charge >= 0.3 is 5.97 Å². The fourth-order valence-electron chi connectivity index (χ4n) is 7.32. The number of hydrogen-bond acceptors (Lipinski definition) is 14. The molecular weight excluding hydrogens is 885 g/mol. The van der Waals surface area contributed by atoms with E-state index in [0.717, 1.165) is 25.9 Å². The van der Waals surface area contributed by atoms with Gasteiger partial charge in [0.25, 0.3) is 0 Å². The molecule has 0 aromatic rings. The predicted molar refractivity (Wildman–Crippen MR) is 277 cm³/mol. The van der Waals surface area contributed by atoms with E-state index < -0.39 is 0 Å². The van der Waals surface area contributed by atoms with E-state index in [0.29, 0.717) is 158 Å². The van der Waals surface area contributed by atoms with Crippen molar-refractivity contribution in [3.05, 3.63) is 0 Å². The van der Waals surface area contributed by atoms with E-state index in [1.54, 1.807) is 0 Å². The van der Waals surface area contributed by atoms with Crippen molar-refractivity contribution >= 4 is 5.97 Å². The van der Waals surface area contributed by atoms with Crippen LogP contribution in [0.4, 0.5) is 0 Å². The van der Waals surface area contributed by atoms with Gasteiger partial charge in [-0.15, -0.1) is 0 Å². The molecule has 0 saturated heterocycles. The molecule has 0 aliphatic rings. The molecule has 69 heavy (non-hydrogen) atoms. The molecule has 0 bridgehead atoms. The Hall–Kier alpha value is -1.01. The Bertz CT molecular complexity index is 919. The van der Waals surface area contributed by atoms with E-state index in [4.69, 9.17) is 61.6 Å². The fourth-order valence-corrected chi connectivity index (χ4v) is 7.32. The maximum Gasteiger partial charge on any atom is 0.305 e. The first-order valence-corrected chi connectivity index (χ1v) is 28.4. The van der Waals surface area contributed by atoms with Crippen LogP contribution in [0.5, 0.6) is 0 Å². The van der Waals surface area contributed by atoms with Crippen molar-refractivity contribution < 1.29 is 66.4 Å². The molecule has 0 fully saturated rings. The number of esters is 1. The second-order valence-electron chi connectivity index (χ2n) is 17.8. The van der Waals surface area contributed by atoms with Crippen LogP contribution in [0.3, 0.4) is 0 Å². The van der Waals surface area contributed by atoms with Crippen LogP contribution in [-0.2, 0) is 66.4 Å². The molecule has 0 rings (SSSR count). The van der Waals surface area contributed by atoms with E-state index in [9.17, 15) is 4.79 Å². The number of ether oxygens (including phenoxy) is 13. The summed E-state index contributed by atoms with van der Waals surface area (Å²) in [7, 11) is 0. The van der Waals surface area contributed by atoms with Crippen LogP contribution in [0.2, 0.25) is 0 Å². The lowest BCUT2D eigenvalue weighted by atomic mass is 10.0. The Morgan fingerprint density at radius 2 is 0.377 bits per heavy atom. The van der Waals surface area contributed by atoms with Gasteiger partial charge in [-0.3, -0.25) is 4.79 Å². The first kappa shape index (κ1) is 68.0. The van der Waals surface area contributed by atoms with Crippen LogP contribution >= 0.6 is 0 Å². The smallest absolute Gasteiger partial charge is 0.305 e. The van der Waals surface area contributed by atoms with Gasteiger partial charge in [0, 0.05) is 13.0 Å². The molecule has 14 heteroatoms. The molecule has 0 N–H and O–H groups in total. The molecule has 0 heterocycles. The van der Waals surface area contributed by atoms with Gasteiger partial charge in [0.2, 0.25) is 0 Å². The summed E-state index contributed by atoms with van der Waals surface area (Å²) >= 11 is 0. The summed E-state index contributed by atoms with van der Waals surface area (Å²) in [4.78, 5) is 11.9. The molecule has 0 spiro atoms. The minimum absolute atomic E-state index is 0.131. The van der Waals surface area contributed by atoms with Crippen molar-refractivity contribution in [3.8, 4) is 0 Å². The van der Waals surface area contributed by atoms with Crippen LogP contribution in [0.15, 0.2) is 0 Å². The van der Waals surface area contributed by atoms with E-state index in [-0.39, 0.29) is 12.6 Å². The summed E-state index contributed by atoms with van der Waals surface area (Å²) in [6.07, 6.45) is 35.1. The zero-order valence-electron chi connectivity index (χ0n) is 45.0. The molecule has 414 valence electrons. The van der Waals surface area contributed by atoms with E-state index in [1.807, 2.05) is 0 Å². The molecule has 14 nitrogen and oxygen atoms in total. The summed E-state index contributed by atoms with van der Waals surface area (Å²) < 4.78 is 71.8.